The van der Waals surface area contributed by atoms with Gasteiger partial charge in [0, 0.05) is 11.4 Å². The Morgan fingerprint density at radius 3 is 2.73 bits per heavy atom. The van der Waals surface area contributed by atoms with Crippen LogP contribution in [0.2, 0.25) is 0 Å². The molecule has 0 aliphatic rings. The van der Waals surface area contributed by atoms with Crippen LogP contribution >= 0.6 is 11.3 Å². The van der Waals surface area contributed by atoms with E-state index in [-0.39, 0.29) is 16.8 Å². The van der Waals surface area contributed by atoms with E-state index in [0.717, 1.165) is 18.2 Å². The highest BCUT2D eigenvalue weighted by molar-refractivity contribution is 7.07. The van der Waals surface area contributed by atoms with Gasteiger partial charge in [-0.05, 0) is 17.7 Å². The molecule has 2 aromatic rings. The fourth-order valence-electron chi connectivity index (χ4n) is 1.63. The summed E-state index contributed by atoms with van der Waals surface area (Å²) >= 11 is 1.18. The zero-order valence-electron chi connectivity index (χ0n) is 10.8. The maximum atomic E-state index is 12.0. The van der Waals surface area contributed by atoms with Gasteiger partial charge in [-0.3, -0.25) is 14.9 Å². The Balaban J connectivity index is 2.49. The maximum Gasteiger partial charge on any atom is 0.315 e. The molecule has 8 nitrogen and oxygen atoms in total. The van der Waals surface area contributed by atoms with Gasteiger partial charge in [0.25, 0.3) is 0 Å². The van der Waals surface area contributed by atoms with Crippen LogP contribution in [-0.4, -0.2) is 25.9 Å². The normalized spacial score (nSPS) is 11.0. The second kappa shape index (κ2) is 6.02. The summed E-state index contributed by atoms with van der Waals surface area (Å²) in [5.41, 5.74) is 0.506. The first kappa shape index (κ1) is 15.1. The summed E-state index contributed by atoms with van der Waals surface area (Å²) in [5.74, 6) is -2.25. The van der Waals surface area contributed by atoms with Crippen molar-refractivity contribution in [2.45, 2.75) is 0 Å². The SMILES string of the molecule is N#C/C(=C\c1cc(O)c(O)c([N+](=O)[O-])c1)C(=O)c1cscn1. The Morgan fingerprint density at radius 1 is 1.45 bits per heavy atom. The van der Waals surface area contributed by atoms with Crippen molar-refractivity contribution < 1.29 is 19.9 Å². The van der Waals surface area contributed by atoms with Gasteiger partial charge in [-0.1, -0.05) is 0 Å². The summed E-state index contributed by atoms with van der Waals surface area (Å²) < 4.78 is 0. The van der Waals surface area contributed by atoms with Crippen molar-refractivity contribution in [1.29, 1.82) is 5.26 Å². The van der Waals surface area contributed by atoms with Crippen LogP contribution in [-0.2, 0) is 0 Å². The van der Waals surface area contributed by atoms with E-state index in [1.54, 1.807) is 6.07 Å². The van der Waals surface area contributed by atoms with Crippen molar-refractivity contribution >= 4 is 28.9 Å². The highest BCUT2D eigenvalue weighted by Crippen LogP contribution is 2.36. The predicted octanol–water partition coefficient (Wildman–Crippen LogP) is 2.25. The van der Waals surface area contributed by atoms with Gasteiger partial charge in [-0.15, -0.1) is 11.3 Å². The van der Waals surface area contributed by atoms with E-state index in [9.17, 15) is 25.1 Å². The summed E-state index contributed by atoms with van der Waals surface area (Å²) in [6, 6.07) is 3.64. The first-order valence-electron chi connectivity index (χ1n) is 5.69. The molecule has 2 N–H and O–H groups in total. The van der Waals surface area contributed by atoms with Crippen molar-refractivity contribution in [3.63, 3.8) is 0 Å². The molecule has 0 saturated heterocycles. The van der Waals surface area contributed by atoms with E-state index in [1.165, 1.54) is 22.2 Å². The summed E-state index contributed by atoms with van der Waals surface area (Å²) in [6.45, 7) is 0. The highest BCUT2D eigenvalue weighted by atomic mass is 32.1. The molecule has 1 aromatic heterocycles. The number of nitriles is 1. The average Bonchev–Trinajstić information content (AvgIpc) is 3.01. The summed E-state index contributed by atoms with van der Waals surface area (Å²) in [5, 5.41) is 40.2. The first-order chi connectivity index (χ1) is 10.4. The Labute approximate surface area is 127 Å². The first-order valence-corrected chi connectivity index (χ1v) is 6.63. The number of hydrogen-bond acceptors (Lipinski definition) is 8. The molecule has 22 heavy (non-hydrogen) atoms. The number of Topliss-reactive ketones (excluding diaryl/α,β-unsaturated/α-hetero) is 1. The predicted molar refractivity (Wildman–Crippen MR) is 76.5 cm³/mol. The minimum Gasteiger partial charge on any atom is -0.504 e. The van der Waals surface area contributed by atoms with Crippen molar-refractivity contribution in [3.05, 3.63) is 50.0 Å². The summed E-state index contributed by atoms with van der Waals surface area (Å²) in [4.78, 5) is 25.7. The minimum absolute atomic E-state index is 0.0297. The molecule has 0 amide bonds. The lowest BCUT2D eigenvalue weighted by atomic mass is 10.1. The van der Waals surface area contributed by atoms with Crippen LogP contribution in [0.4, 0.5) is 5.69 Å². The summed E-state index contributed by atoms with van der Waals surface area (Å²) in [7, 11) is 0. The van der Waals surface area contributed by atoms with E-state index < -0.39 is 27.9 Å². The average molecular weight is 317 g/mol. The van der Waals surface area contributed by atoms with Gasteiger partial charge in [0.15, 0.2) is 5.75 Å². The van der Waals surface area contributed by atoms with Gasteiger partial charge in [0.1, 0.15) is 17.3 Å². The molecule has 0 radical (unpaired) electrons. The smallest absolute Gasteiger partial charge is 0.315 e. The number of nitro benzene ring substituents is 1. The molecule has 1 heterocycles. The Bertz CT molecular complexity index is 821. The zero-order valence-corrected chi connectivity index (χ0v) is 11.6. The maximum absolute atomic E-state index is 12.0. The van der Waals surface area contributed by atoms with Crippen molar-refractivity contribution in [1.82, 2.24) is 4.98 Å². The van der Waals surface area contributed by atoms with Crippen LogP contribution in [0.15, 0.2) is 28.6 Å². The van der Waals surface area contributed by atoms with Crippen molar-refractivity contribution in [2.24, 2.45) is 0 Å². The molecule has 1 aromatic carbocycles. The molecular weight excluding hydrogens is 310 g/mol. The van der Waals surface area contributed by atoms with E-state index in [0.29, 0.717) is 0 Å². The Hall–Kier alpha value is -3.25. The van der Waals surface area contributed by atoms with Crippen molar-refractivity contribution in [3.8, 4) is 17.6 Å². The highest BCUT2D eigenvalue weighted by Gasteiger charge is 2.20. The molecule has 0 unspecified atom stereocenters. The van der Waals surface area contributed by atoms with Crippen LogP contribution in [0.5, 0.6) is 11.5 Å². The number of allylic oxidation sites excluding steroid dienone is 1. The molecule has 9 heteroatoms. The topological polar surface area (TPSA) is 137 Å². The van der Waals surface area contributed by atoms with E-state index in [4.69, 9.17) is 5.26 Å². The molecular formula is C13H7N3O5S. The third-order valence-corrected chi connectivity index (χ3v) is 3.22. The Kier molecular flexibility index (Phi) is 4.15. The number of phenols is 2. The third-order valence-electron chi connectivity index (χ3n) is 2.63. The van der Waals surface area contributed by atoms with Crippen LogP contribution in [0.1, 0.15) is 16.1 Å². The van der Waals surface area contributed by atoms with Gasteiger partial charge >= 0.3 is 5.69 Å². The van der Waals surface area contributed by atoms with Gasteiger partial charge in [0.05, 0.1) is 10.4 Å². The number of aromatic nitrogens is 1. The van der Waals surface area contributed by atoms with Crippen LogP contribution < -0.4 is 0 Å². The number of nitrogens with zero attached hydrogens (tertiary/aromatic N) is 3. The van der Waals surface area contributed by atoms with Gasteiger partial charge in [0.2, 0.25) is 11.5 Å². The van der Waals surface area contributed by atoms with Gasteiger partial charge in [-0.2, -0.15) is 5.26 Å². The quantitative estimate of drug-likeness (QED) is 0.220. The van der Waals surface area contributed by atoms with Gasteiger partial charge < -0.3 is 10.2 Å². The van der Waals surface area contributed by atoms with E-state index in [2.05, 4.69) is 4.98 Å². The number of ketones is 1. The zero-order chi connectivity index (χ0) is 16.3. The second-order valence-corrected chi connectivity index (χ2v) is 4.76. The minimum atomic E-state index is -0.888. The molecule has 0 spiro atoms. The number of benzene rings is 1. The van der Waals surface area contributed by atoms with Crippen LogP contribution in [0.3, 0.4) is 0 Å². The Morgan fingerprint density at radius 2 is 2.18 bits per heavy atom. The lowest BCUT2D eigenvalue weighted by Gasteiger charge is -2.02. The number of thiazole rings is 1. The number of carbonyl (C=O) groups is 1. The molecule has 0 atom stereocenters. The molecule has 2 rings (SSSR count). The molecule has 0 fully saturated rings. The van der Waals surface area contributed by atoms with Gasteiger partial charge in [-0.25, -0.2) is 4.98 Å². The monoisotopic (exact) mass is 317 g/mol. The standard InChI is InChI=1S/C13H7N3O5S/c14-4-8(12(18)9-5-22-6-15-9)1-7-2-10(16(20)21)13(19)11(17)3-7/h1-3,5-6,17,19H/b8-1+. The summed E-state index contributed by atoms with van der Waals surface area (Å²) in [6.07, 6.45) is 1.08. The van der Waals surface area contributed by atoms with Crippen LogP contribution in [0, 0.1) is 21.4 Å². The van der Waals surface area contributed by atoms with Crippen LogP contribution in [0.25, 0.3) is 6.08 Å². The number of phenolic OH excluding ortho intramolecular Hbond substituents is 2. The molecule has 0 bridgehead atoms. The van der Waals surface area contributed by atoms with E-state index >= 15 is 0 Å². The second-order valence-electron chi connectivity index (χ2n) is 4.04. The third kappa shape index (κ3) is 2.92. The molecule has 0 aliphatic carbocycles. The number of hydrogen-bond donors (Lipinski definition) is 2. The number of aromatic hydroxyl groups is 2. The molecule has 0 saturated carbocycles. The lowest BCUT2D eigenvalue weighted by Crippen LogP contribution is -2.02. The molecule has 110 valence electrons. The molecule has 0 aliphatic heterocycles. The fraction of sp³-hybridized carbons (Fsp3) is 0. The number of nitro groups is 1. The lowest BCUT2D eigenvalue weighted by molar-refractivity contribution is -0.386. The van der Waals surface area contributed by atoms with Crippen molar-refractivity contribution in [2.75, 3.05) is 0 Å². The number of carbonyl (C=O) groups excluding carboxylic acids is 1. The fourth-order valence-corrected chi connectivity index (χ4v) is 2.16. The van der Waals surface area contributed by atoms with E-state index in [1.807, 2.05) is 0 Å². The number of rotatable bonds is 4. The largest absolute Gasteiger partial charge is 0.504 e.